The maximum Gasteiger partial charge on any atom is 0.334 e. The molecule has 0 saturated heterocycles. The Balaban J connectivity index is 3.08. The van der Waals surface area contributed by atoms with Crippen molar-refractivity contribution in [3.05, 3.63) is 35.4 Å². The third kappa shape index (κ3) is 4.12. The lowest BCUT2D eigenvalue weighted by molar-refractivity contribution is -0.138. The summed E-state index contributed by atoms with van der Waals surface area (Å²) in [4.78, 5) is 12.0. The quantitative estimate of drug-likeness (QED) is 0.577. The molecular formula is C16H22O3. The second-order valence-corrected chi connectivity index (χ2v) is 4.30. The highest BCUT2D eigenvalue weighted by Crippen LogP contribution is 2.24. The summed E-state index contributed by atoms with van der Waals surface area (Å²) in [5.74, 6) is 0.599. The first-order valence-electron chi connectivity index (χ1n) is 6.65. The van der Waals surface area contributed by atoms with Gasteiger partial charge in [-0.3, -0.25) is 0 Å². The molecule has 0 spiro atoms. The largest absolute Gasteiger partial charge is 0.497 e. The van der Waals surface area contributed by atoms with E-state index in [0.29, 0.717) is 6.61 Å². The minimum absolute atomic E-state index is 0.210. The Hall–Kier alpha value is -1.77. The molecule has 1 aromatic carbocycles. The van der Waals surface area contributed by atoms with E-state index in [1.807, 2.05) is 38.1 Å². The fourth-order valence-corrected chi connectivity index (χ4v) is 1.93. The molecule has 104 valence electrons. The molecule has 0 aliphatic heterocycles. The van der Waals surface area contributed by atoms with Gasteiger partial charge in [0.25, 0.3) is 0 Å². The average Bonchev–Trinajstić information content (AvgIpc) is 2.44. The van der Waals surface area contributed by atoms with Crippen molar-refractivity contribution in [3.8, 4) is 5.75 Å². The highest BCUT2D eigenvalue weighted by Gasteiger charge is 2.14. The summed E-state index contributed by atoms with van der Waals surface area (Å²) in [7, 11) is 1.64. The van der Waals surface area contributed by atoms with Gasteiger partial charge in [0.1, 0.15) is 5.75 Å². The van der Waals surface area contributed by atoms with Gasteiger partial charge >= 0.3 is 5.97 Å². The van der Waals surface area contributed by atoms with Crippen LogP contribution in [0.3, 0.4) is 0 Å². The number of hydrogen-bond acceptors (Lipinski definition) is 3. The minimum Gasteiger partial charge on any atom is -0.497 e. The molecule has 0 radical (unpaired) electrons. The molecule has 3 heteroatoms. The first-order chi connectivity index (χ1) is 9.13. The van der Waals surface area contributed by atoms with E-state index < -0.39 is 0 Å². The zero-order valence-electron chi connectivity index (χ0n) is 12.2. The van der Waals surface area contributed by atoms with Crippen molar-refractivity contribution in [3.63, 3.8) is 0 Å². The van der Waals surface area contributed by atoms with Gasteiger partial charge in [-0.2, -0.15) is 0 Å². The van der Waals surface area contributed by atoms with Gasteiger partial charge in [-0.25, -0.2) is 4.79 Å². The van der Waals surface area contributed by atoms with Crippen LogP contribution >= 0.6 is 0 Å². The zero-order chi connectivity index (χ0) is 14.3. The summed E-state index contributed by atoms with van der Waals surface area (Å²) >= 11 is 0. The molecule has 0 fully saturated rings. The number of rotatable bonds is 6. The summed E-state index contributed by atoms with van der Waals surface area (Å²) in [5, 5.41) is 0. The van der Waals surface area contributed by atoms with Gasteiger partial charge in [-0.05, 0) is 43.5 Å². The van der Waals surface area contributed by atoms with Gasteiger partial charge in [-0.15, -0.1) is 0 Å². The van der Waals surface area contributed by atoms with Gasteiger partial charge in [0.15, 0.2) is 0 Å². The lowest BCUT2D eigenvalue weighted by Crippen LogP contribution is -2.09. The molecule has 0 amide bonds. The van der Waals surface area contributed by atoms with Crippen LogP contribution in [-0.2, 0) is 9.53 Å². The third-order valence-electron chi connectivity index (χ3n) is 3.00. The lowest BCUT2D eigenvalue weighted by Gasteiger charge is -2.11. The Kier molecular flexibility index (Phi) is 6.13. The van der Waals surface area contributed by atoms with E-state index in [0.717, 1.165) is 35.3 Å². The van der Waals surface area contributed by atoms with Gasteiger partial charge in [0, 0.05) is 5.57 Å². The van der Waals surface area contributed by atoms with Crippen molar-refractivity contribution in [2.75, 3.05) is 13.7 Å². The van der Waals surface area contributed by atoms with Crippen LogP contribution in [0, 0.1) is 0 Å². The van der Waals surface area contributed by atoms with Crippen molar-refractivity contribution < 1.29 is 14.3 Å². The van der Waals surface area contributed by atoms with E-state index in [1.165, 1.54) is 0 Å². The second kappa shape index (κ2) is 7.62. The van der Waals surface area contributed by atoms with E-state index in [9.17, 15) is 4.79 Å². The smallest absolute Gasteiger partial charge is 0.334 e. The lowest BCUT2D eigenvalue weighted by atomic mass is 9.98. The average molecular weight is 262 g/mol. The molecule has 0 N–H and O–H groups in total. The third-order valence-corrected chi connectivity index (χ3v) is 3.00. The highest BCUT2D eigenvalue weighted by atomic mass is 16.5. The Morgan fingerprint density at radius 3 is 2.26 bits per heavy atom. The molecule has 0 heterocycles. The minimum atomic E-state index is -0.210. The summed E-state index contributed by atoms with van der Waals surface area (Å²) in [6.45, 7) is 6.25. The van der Waals surface area contributed by atoms with Crippen LogP contribution in [0.4, 0.5) is 0 Å². The van der Waals surface area contributed by atoms with Crippen molar-refractivity contribution >= 4 is 11.5 Å². The molecule has 1 rings (SSSR count). The number of esters is 1. The number of benzene rings is 1. The van der Waals surface area contributed by atoms with Crippen molar-refractivity contribution in [1.29, 1.82) is 0 Å². The van der Waals surface area contributed by atoms with Gasteiger partial charge in [0.05, 0.1) is 13.7 Å². The number of hydrogen-bond donors (Lipinski definition) is 0. The number of methoxy groups -OCH3 is 1. The maximum absolute atomic E-state index is 12.0. The molecule has 0 aliphatic rings. The van der Waals surface area contributed by atoms with Crippen LogP contribution in [0.25, 0.3) is 5.57 Å². The van der Waals surface area contributed by atoms with E-state index in [-0.39, 0.29) is 5.97 Å². The van der Waals surface area contributed by atoms with Crippen molar-refractivity contribution in [2.24, 2.45) is 0 Å². The fraction of sp³-hybridized carbons (Fsp3) is 0.438. The molecule has 0 atom stereocenters. The molecule has 19 heavy (non-hydrogen) atoms. The van der Waals surface area contributed by atoms with Crippen LogP contribution in [-0.4, -0.2) is 19.7 Å². The Bertz CT molecular complexity index is 444. The Morgan fingerprint density at radius 1 is 1.16 bits per heavy atom. The predicted molar refractivity (Wildman–Crippen MR) is 77.1 cm³/mol. The molecule has 0 aromatic heterocycles. The summed E-state index contributed by atoms with van der Waals surface area (Å²) < 4.78 is 10.3. The maximum atomic E-state index is 12.0. The molecule has 0 aliphatic carbocycles. The molecule has 1 aromatic rings. The first kappa shape index (κ1) is 15.3. The predicted octanol–water partition coefficient (Wildman–Crippen LogP) is 3.83. The van der Waals surface area contributed by atoms with Crippen molar-refractivity contribution in [2.45, 2.75) is 33.6 Å². The monoisotopic (exact) mass is 262 g/mol. The highest BCUT2D eigenvalue weighted by molar-refractivity contribution is 5.97. The molecule has 3 nitrogen and oxygen atoms in total. The summed E-state index contributed by atoms with van der Waals surface area (Å²) in [6.07, 6.45) is 1.65. The number of carbonyl (C=O) groups is 1. The van der Waals surface area contributed by atoms with Gasteiger partial charge < -0.3 is 9.47 Å². The van der Waals surface area contributed by atoms with Crippen LogP contribution in [0.15, 0.2) is 29.8 Å². The number of carbonyl (C=O) groups excluding carboxylic acids is 1. The number of allylic oxidation sites excluding steroid dienone is 1. The Morgan fingerprint density at radius 2 is 1.79 bits per heavy atom. The standard InChI is InChI=1S/C16H22O3/c1-5-7-15(16(17)19-6-2)12(3)13-8-10-14(18-4)11-9-13/h8-11H,5-7H2,1-4H3. The van der Waals surface area contributed by atoms with E-state index in [1.54, 1.807) is 7.11 Å². The summed E-state index contributed by atoms with van der Waals surface area (Å²) in [6, 6.07) is 7.72. The summed E-state index contributed by atoms with van der Waals surface area (Å²) in [5.41, 5.74) is 2.76. The SMILES string of the molecule is CCCC(C(=O)OCC)=C(C)c1ccc(OC)cc1. The van der Waals surface area contributed by atoms with Crippen LogP contribution < -0.4 is 4.74 Å². The number of ether oxygens (including phenoxy) is 2. The normalized spacial score (nSPS) is 11.8. The molecule has 0 saturated carbocycles. The fourth-order valence-electron chi connectivity index (χ4n) is 1.93. The van der Waals surface area contributed by atoms with Crippen molar-refractivity contribution in [1.82, 2.24) is 0 Å². The molecule has 0 bridgehead atoms. The molecular weight excluding hydrogens is 240 g/mol. The van der Waals surface area contributed by atoms with E-state index >= 15 is 0 Å². The van der Waals surface area contributed by atoms with Crippen LogP contribution in [0.5, 0.6) is 5.75 Å². The van der Waals surface area contributed by atoms with Crippen LogP contribution in [0.1, 0.15) is 39.2 Å². The van der Waals surface area contributed by atoms with Gasteiger partial charge in [-0.1, -0.05) is 25.5 Å². The topological polar surface area (TPSA) is 35.5 Å². The zero-order valence-corrected chi connectivity index (χ0v) is 12.2. The Labute approximate surface area is 115 Å². The first-order valence-corrected chi connectivity index (χ1v) is 6.65. The van der Waals surface area contributed by atoms with E-state index in [4.69, 9.17) is 9.47 Å². The second-order valence-electron chi connectivity index (χ2n) is 4.30. The van der Waals surface area contributed by atoms with E-state index in [2.05, 4.69) is 6.92 Å². The van der Waals surface area contributed by atoms with Crippen LogP contribution in [0.2, 0.25) is 0 Å². The van der Waals surface area contributed by atoms with Gasteiger partial charge in [0.2, 0.25) is 0 Å². The molecule has 0 unspecified atom stereocenters.